The minimum Gasteiger partial charge on any atom is -0.455 e. The van der Waals surface area contributed by atoms with Gasteiger partial charge < -0.3 is 10.1 Å². The predicted molar refractivity (Wildman–Crippen MR) is 129 cm³/mol. The molecule has 1 N–H and O–H groups in total. The van der Waals surface area contributed by atoms with E-state index in [4.69, 9.17) is 4.74 Å². The first-order valence-corrected chi connectivity index (χ1v) is 12.4. The van der Waals surface area contributed by atoms with Crippen molar-refractivity contribution in [2.75, 3.05) is 18.4 Å². The number of carbonyl (C=O) groups is 1. The van der Waals surface area contributed by atoms with E-state index in [0.29, 0.717) is 29.9 Å². The van der Waals surface area contributed by atoms with Crippen molar-refractivity contribution >= 4 is 32.7 Å². The van der Waals surface area contributed by atoms with Crippen LogP contribution in [0.2, 0.25) is 0 Å². The molecule has 0 aliphatic carbocycles. The molecule has 0 saturated heterocycles. The zero-order chi connectivity index (χ0) is 25.0. The van der Waals surface area contributed by atoms with E-state index >= 15 is 0 Å². The van der Waals surface area contributed by atoms with Gasteiger partial charge in [-0.2, -0.15) is 4.31 Å². The Morgan fingerprint density at radius 1 is 1.06 bits per heavy atom. The van der Waals surface area contributed by atoms with Crippen LogP contribution in [0, 0.1) is 5.82 Å². The van der Waals surface area contributed by atoms with Crippen LogP contribution in [-0.4, -0.2) is 46.7 Å². The van der Waals surface area contributed by atoms with Crippen LogP contribution in [0.1, 0.15) is 13.8 Å². The summed E-state index contributed by atoms with van der Waals surface area (Å²) in [6.45, 7) is 3.95. The number of anilines is 1. The molecule has 182 valence electrons. The van der Waals surface area contributed by atoms with Crippen molar-refractivity contribution in [3.8, 4) is 11.5 Å². The van der Waals surface area contributed by atoms with Crippen molar-refractivity contribution < 1.29 is 22.3 Å². The van der Waals surface area contributed by atoms with Gasteiger partial charge in [0.15, 0.2) is 5.75 Å². The Labute approximate surface area is 202 Å². The summed E-state index contributed by atoms with van der Waals surface area (Å²) < 4.78 is 48.0. The minimum absolute atomic E-state index is 0.00848. The maximum atomic E-state index is 13.3. The second-order valence-electron chi connectivity index (χ2n) is 7.59. The number of rotatable bonds is 9. The third-order valence-corrected chi connectivity index (χ3v) is 7.37. The maximum absolute atomic E-state index is 13.3. The fraction of sp³-hybridized carbons (Fsp3) is 0.208. The molecule has 3 aromatic carbocycles. The number of sulfonamides is 1. The lowest BCUT2D eigenvalue weighted by Crippen LogP contribution is -2.30. The number of ether oxygens (including phenoxy) is 1. The third-order valence-electron chi connectivity index (χ3n) is 5.32. The molecule has 0 spiro atoms. The molecule has 0 radical (unpaired) electrons. The number of aromatic nitrogens is 3. The number of amides is 1. The van der Waals surface area contributed by atoms with Crippen LogP contribution in [0.4, 0.5) is 10.1 Å². The number of para-hydroxylation sites is 1. The Morgan fingerprint density at radius 3 is 2.49 bits per heavy atom. The fourth-order valence-electron chi connectivity index (χ4n) is 3.56. The van der Waals surface area contributed by atoms with Gasteiger partial charge in [0.05, 0.1) is 16.1 Å². The maximum Gasteiger partial charge on any atom is 0.246 e. The van der Waals surface area contributed by atoms with Gasteiger partial charge in [-0.25, -0.2) is 17.5 Å². The summed E-state index contributed by atoms with van der Waals surface area (Å²) in [5.74, 6) is -0.357. The van der Waals surface area contributed by atoms with E-state index in [1.807, 2.05) is 12.1 Å². The van der Waals surface area contributed by atoms with Gasteiger partial charge in [0, 0.05) is 13.1 Å². The van der Waals surface area contributed by atoms with E-state index in [0.717, 1.165) is 0 Å². The molecule has 4 rings (SSSR count). The molecule has 11 heteroatoms. The van der Waals surface area contributed by atoms with Crippen LogP contribution in [0.15, 0.2) is 71.6 Å². The molecule has 9 nitrogen and oxygen atoms in total. The van der Waals surface area contributed by atoms with Crippen molar-refractivity contribution in [2.24, 2.45) is 0 Å². The molecule has 0 bridgehead atoms. The lowest BCUT2D eigenvalue weighted by molar-refractivity contribution is -0.116. The highest BCUT2D eigenvalue weighted by atomic mass is 32.2. The number of nitrogens with zero attached hydrogens (tertiary/aromatic N) is 4. The van der Waals surface area contributed by atoms with Crippen LogP contribution in [0.5, 0.6) is 11.5 Å². The highest BCUT2D eigenvalue weighted by Gasteiger charge is 2.24. The van der Waals surface area contributed by atoms with E-state index in [2.05, 4.69) is 15.6 Å². The Morgan fingerprint density at radius 2 is 1.77 bits per heavy atom. The summed E-state index contributed by atoms with van der Waals surface area (Å²) in [7, 11) is -3.78. The number of nitrogens with one attached hydrogen (secondary N) is 1. The number of fused-ring (bicyclic) bond motifs is 1. The summed E-state index contributed by atoms with van der Waals surface area (Å²) in [6, 6.07) is 16.8. The zero-order valence-electron chi connectivity index (χ0n) is 19.2. The summed E-state index contributed by atoms with van der Waals surface area (Å²) in [4.78, 5) is 12.9. The van der Waals surface area contributed by atoms with Gasteiger partial charge in [-0.05, 0) is 54.6 Å². The second-order valence-corrected chi connectivity index (χ2v) is 9.53. The molecular formula is C24H24FN5O4S. The smallest absolute Gasteiger partial charge is 0.246 e. The van der Waals surface area contributed by atoms with Crippen LogP contribution in [0.25, 0.3) is 11.0 Å². The minimum atomic E-state index is -3.78. The molecule has 4 aromatic rings. The molecule has 0 saturated carbocycles. The Kier molecular flexibility index (Phi) is 7.08. The highest BCUT2D eigenvalue weighted by Crippen LogP contribution is 2.33. The van der Waals surface area contributed by atoms with Gasteiger partial charge in [0.1, 0.15) is 23.6 Å². The average Bonchev–Trinajstić information content (AvgIpc) is 3.24. The molecule has 1 amide bonds. The molecule has 0 aliphatic heterocycles. The molecule has 0 aliphatic rings. The van der Waals surface area contributed by atoms with Crippen molar-refractivity contribution in [2.45, 2.75) is 25.3 Å². The van der Waals surface area contributed by atoms with Crippen molar-refractivity contribution in [1.29, 1.82) is 0 Å². The summed E-state index contributed by atoms with van der Waals surface area (Å²) in [6.07, 6.45) is 0. The Hall–Kier alpha value is -3.83. The van der Waals surface area contributed by atoms with Gasteiger partial charge in [0.2, 0.25) is 15.9 Å². The first-order valence-electron chi connectivity index (χ1n) is 11.0. The normalized spacial score (nSPS) is 11.7. The summed E-state index contributed by atoms with van der Waals surface area (Å²) in [5.41, 5.74) is 1.48. The van der Waals surface area contributed by atoms with E-state index in [9.17, 15) is 17.6 Å². The van der Waals surface area contributed by atoms with Crippen molar-refractivity contribution in [3.63, 3.8) is 0 Å². The lowest BCUT2D eigenvalue weighted by Gasteiger charge is -2.20. The van der Waals surface area contributed by atoms with Gasteiger partial charge in [0.25, 0.3) is 0 Å². The number of carbonyl (C=O) groups excluding carboxylic acids is 1. The number of hydrogen-bond acceptors (Lipinski definition) is 6. The second kappa shape index (κ2) is 10.2. The quantitative estimate of drug-likeness (QED) is 0.374. The van der Waals surface area contributed by atoms with Crippen LogP contribution < -0.4 is 10.1 Å². The van der Waals surface area contributed by atoms with E-state index in [1.54, 1.807) is 26.0 Å². The van der Waals surface area contributed by atoms with Crippen molar-refractivity contribution in [1.82, 2.24) is 19.3 Å². The van der Waals surface area contributed by atoms with Gasteiger partial charge in [-0.15, -0.1) is 5.10 Å². The van der Waals surface area contributed by atoms with Crippen LogP contribution in [0.3, 0.4) is 0 Å². The number of hydrogen-bond donors (Lipinski definition) is 1. The summed E-state index contributed by atoms with van der Waals surface area (Å²) in [5, 5.41) is 10.8. The first-order chi connectivity index (χ1) is 16.8. The largest absolute Gasteiger partial charge is 0.455 e. The first kappa shape index (κ1) is 24.3. The lowest BCUT2D eigenvalue weighted by atomic mass is 10.2. The summed E-state index contributed by atoms with van der Waals surface area (Å²) >= 11 is 0. The molecule has 35 heavy (non-hydrogen) atoms. The van der Waals surface area contributed by atoms with Gasteiger partial charge in [-0.3, -0.25) is 4.79 Å². The zero-order valence-corrected chi connectivity index (χ0v) is 20.0. The van der Waals surface area contributed by atoms with Gasteiger partial charge >= 0.3 is 0 Å². The van der Waals surface area contributed by atoms with Crippen molar-refractivity contribution in [3.05, 3.63) is 72.5 Å². The molecule has 1 heterocycles. The van der Waals surface area contributed by atoms with Gasteiger partial charge in [-0.1, -0.05) is 31.2 Å². The monoisotopic (exact) mass is 497 g/mol. The molecule has 1 aromatic heterocycles. The van der Waals surface area contributed by atoms with E-state index < -0.39 is 21.7 Å². The SMILES string of the molecule is CCN(CC)S(=O)(=O)c1ccc(Oc2ccc(F)cc2)c(NC(=O)Cn2nnc3ccccc32)c1. The Balaban J connectivity index is 1.66. The third kappa shape index (κ3) is 5.31. The molecule has 0 atom stereocenters. The number of benzene rings is 3. The molecular weight excluding hydrogens is 473 g/mol. The average molecular weight is 498 g/mol. The Bertz CT molecular complexity index is 1450. The fourth-order valence-corrected chi connectivity index (χ4v) is 5.04. The molecule has 0 fully saturated rings. The van der Waals surface area contributed by atoms with E-state index in [1.165, 1.54) is 51.5 Å². The number of halogens is 1. The molecule has 0 unspecified atom stereocenters. The predicted octanol–water partition coefficient (Wildman–Crippen LogP) is 4.03. The van der Waals surface area contributed by atoms with Crippen LogP contribution in [-0.2, 0) is 21.4 Å². The van der Waals surface area contributed by atoms with Crippen LogP contribution >= 0.6 is 0 Å². The van der Waals surface area contributed by atoms with E-state index in [-0.39, 0.29) is 22.9 Å². The standard InChI is InChI=1S/C24H24FN5O4S/c1-3-29(4-2)35(32,33)19-13-14-23(34-18-11-9-17(25)10-12-18)21(15-19)26-24(31)16-30-22-8-6-5-7-20(22)27-28-30/h5-15H,3-4,16H2,1-2H3,(H,26,31). The topological polar surface area (TPSA) is 106 Å². The highest BCUT2D eigenvalue weighted by molar-refractivity contribution is 7.89.